The molecule has 1 amide bonds. The summed E-state index contributed by atoms with van der Waals surface area (Å²) in [5.41, 5.74) is 0. The van der Waals surface area contributed by atoms with Crippen molar-refractivity contribution < 1.29 is 14.1 Å². The highest BCUT2D eigenvalue weighted by atomic mass is 32.2. The van der Waals surface area contributed by atoms with Gasteiger partial charge in [-0.3, -0.25) is 14.9 Å². The van der Waals surface area contributed by atoms with Gasteiger partial charge in [0.25, 0.3) is 5.91 Å². The van der Waals surface area contributed by atoms with Crippen molar-refractivity contribution in [2.45, 2.75) is 0 Å². The summed E-state index contributed by atoms with van der Waals surface area (Å²) in [5, 5.41) is 15.2. The Kier molecular flexibility index (Phi) is 3.20. The number of hydrogen-bond donors (Lipinski definition) is 0. The van der Waals surface area contributed by atoms with Crippen LogP contribution >= 0.6 is 24.0 Å². The van der Waals surface area contributed by atoms with Crippen LogP contribution in [0.1, 0.15) is 5.76 Å². The third-order valence-electron chi connectivity index (χ3n) is 1.82. The van der Waals surface area contributed by atoms with Crippen LogP contribution < -0.4 is 0 Å². The third-order valence-corrected chi connectivity index (χ3v) is 3.16. The van der Waals surface area contributed by atoms with Crippen molar-refractivity contribution in [2.75, 3.05) is 5.75 Å². The summed E-state index contributed by atoms with van der Waals surface area (Å²) in [6.07, 6.45) is 1.21. The summed E-state index contributed by atoms with van der Waals surface area (Å²) >= 11 is 6.11. The largest absolute Gasteiger partial charge is 0.433 e. The molecule has 17 heavy (non-hydrogen) atoms. The first-order chi connectivity index (χ1) is 8.08. The van der Waals surface area contributed by atoms with Gasteiger partial charge in [-0.25, -0.2) is 0 Å². The van der Waals surface area contributed by atoms with Gasteiger partial charge in [-0.05, 0) is 6.07 Å². The second-order valence-corrected chi connectivity index (χ2v) is 4.55. The van der Waals surface area contributed by atoms with Gasteiger partial charge in [-0.2, -0.15) is 10.1 Å². The minimum absolute atomic E-state index is 0.184. The molecular weight excluding hydrogens is 266 g/mol. The van der Waals surface area contributed by atoms with E-state index in [2.05, 4.69) is 5.10 Å². The SMILES string of the molecule is O=C1CSC(=S)N1/N=C\c1ccc([N+](=O)[O-])o1. The van der Waals surface area contributed by atoms with Crippen molar-refractivity contribution in [1.82, 2.24) is 5.01 Å². The maximum absolute atomic E-state index is 11.3. The van der Waals surface area contributed by atoms with Gasteiger partial charge in [0, 0.05) is 0 Å². The Bertz CT molecular complexity index is 509. The predicted molar refractivity (Wildman–Crippen MR) is 64.9 cm³/mol. The average Bonchev–Trinajstić information content (AvgIpc) is 2.85. The van der Waals surface area contributed by atoms with Gasteiger partial charge in [-0.1, -0.05) is 24.0 Å². The number of carbonyl (C=O) groups is 1. The van der Waals surface area contributed by atoms with E-state index in [9.17, 15) is 14.9 Å². The van der Waals surface area contributed by atoms with Crippen LogP contribution in [0.15, 0.2) is 21.7 Å². The number of nitro groups is 1. The predicted octanol–water partition coefficient (Wildman–Crippen LogP) is 1.38. The molecular formula is C8H5N3O4S2. The molecule has 0 spiro atoms. The van der Waals surface area contributed by atoms with Crippen molar-refractivity contribution in [3.8, 4) is 0 Å². The van der Waals surface area contributed by atoms with Crippen molar-refractivity contribution in [1.29, 1.82) is 0 Å². The summed E-state index contributed by atoms with van der Waals surface area (Å²) < 4.78 is 5.19. The zero-order valence-corrected chi connectivity index (χ0v) is 9.86. The molecule has 0 atom stereocenters. The second kappa shape index (κ2) is 4.63. The summed E-state index contributed by atoms with van der Waals surface area (Å²) in [7, 11) is 0. The molecule has 1 fully saturated rings. The van der Waals surface area contributed by atoms with E-state index >= 15 is 0 Å². The molecule has 0 N–H and O–H groups in total. The van der Waals surface area contributed by atoms with Crippen molar-refractivity contribution in [3.05, 3.63) is 28.0 Å². The molecule has 1 saturated heterocycles. The number of carbonyl (C=O) groups excluding carboxylic acids is 1. The van der Waals surface area contributed by atoms with E-state index in [1.165, 1.54) is 30.1 Å². The van der Waals surface area contributed by atoms with Gasteiger partial charge in [0.15, 0.2) is 10.1 Å². The van der Waals surface area contributed by atoms with E-state index in [1.54, 1.807) is 0 Å². The lowest BCUT2D eigenvalue weighted by molar-refractivity contribution is -0.402. The molecule has 0 aromatic carbocycles. The number of rotatable bonds is 3. The lowest BCUT2D eigenvalue weighted by Gasteiger charge is -2.04. The molecule has 9 heteroatoms. The van der Waals surface area contributed by atoms with Crippen LogP contribution in [0.5, 0.6) is 0 Å². The van der Waals surface area contributed by atoms with E-state index in [0.717, 1.165) is 5.01 Å². The molecule has 2 rings (SSSR count). The monoisotopic (exact) mass is 271 g/mol. The standard InChI is InChI=1S/C8H5N3O4S2/c12-6-4-17-8(16)10(6)9-3-5-1-2-7(15-5)11(13)14/h1-3H,4H2/b9-3-. The fourth-order valence-corrected chi connectivity index (χ4v) is 2.05. The Morgan fingerprint density at radius 1 is 1.65 bits per heavy atom. The molecule has 1 aromatic rings. The van der Waals surface area contributed by atoms with E-state index in [-0.39, 0.29) is 23.3 Å². The maximum Gasteiger partial charge on any atom is 0.433 e. The minimum Gasteiger partial charge on any atom is -0.400 e. The van der Waals surface area contributed by atoms with Gasteiger partial charge in [0.2, 0.25) is 0 Å². The first kappa shape index (κ1) is 11.7. The highest BCUT2D eigenvalue weighted by Gasteiger charge is 2.26. The molecule has 7 nitrogen and oxygen atoms in total. The minimum atomic E-state index is -0.654. The molecule has 0 radical (unpaired) electrons. The molecule has 0 aliphatic carbocycles. The Hall–Kier alpha value is -1.74. The number of furan rings is 1. The fourth-order valence-electron chi connectivity index (χ4n) is 1.08. The first-order valence-electron chi connectivity index (χ1n) is 4.36. The third kappa shape index (κ3) is 2.50. The molecule has 0 bridgehead atoms. The molecule has 1 aliphatic rings. The summed E-state index contributed by atoms with van der Waals surface area (Å²) in [4.78, 5) is 21.0. The normalized spacial score (nSPS) is 16.1. The van der Waals surface area contributed by atoms with Crippen LogP contribution in [0.3, 0.4) is 0 Å². The molecule has 0 unspecified atom stereocenters. The summed E-state index contributed by atoms with van der Waals surface area (Å²) in [6.45, 7) is 0. The molecule has 2 heterocycles. The first-order valence-corrected chi connectivity index (χ1v) is 5.75. The number of nitrogens with zero attached hydrogens (tertiary/aromatic N) is 3. The van der Waals surface area contributed by atoms with Gasteiger partial charge >= 0.3 is 5.88 Å². The summed E-state index contributed by atoms with van der Waals surface area (Å²) in [5.74, 6) is -0.160. The van der Waals surface area contributed by atoms with Crippen LogP contribution in [0.2, 0.25) is 0 Å². The van der Waals surface area contributed by atoms with Gasteiger partial charge < -0.3 is 4.42 Å². The Morgan fingerprint density at radius 3 is 2.94 bits per heavy atom. The number of amides is 1. The highest BCUT2D eigenvalue weighted by molar-refractivity contribution is 8.23. The topological polar surface area (TPSA) is 89.0 Å². The van der Waals surface area contributed by atoms with E-state index in [0.29, 0.717) is 4.32 Å². The Balaban J connectivity index is 2.12. The molecule has 88 valence electrons. The summed E-state index contributed by atoms with van der Waals surface area (Å²) in [6, 6.07) is 2.60. The highest BCUT2D eigenvalue weighted by Crippen LogP contribution is 2.20. The van der Waals surface area contributed by atoms with Crippen LogP contribution in [-0.4, -0.2) is 32.1 Å². The molecule has 1 aromatic heterocycles. The number of hydrogen-bond acceptors (Lipinski definition) is 7. The number of thioether (sulfide) groups is 1. The Morgan fingerprint density at radius 2 is 2.41 bits per heavy atom. The lowest BCUT2D eigenvalue weighted by Crippen LogP contribution is -2.22. The van der Waals surface area contributed by atoms with Crippen molar-refractivity contribution in [2.24, 2.45) is 5.10 Å². The smallest absolute Gasteiger partial charge is 0.400 e. The maximum atomic E-state index is 11.3. The van der Waals surface area contributed by atoms with Crippen LogP contribution in [0, 0.1) is 10.1 Å². The Labute approximate surface area is 105 Å². The lowest BCUT2D eigenvalue weighted by atomic mass is 10.5. The van der Waals surface area contributed by atoms with Crippen molar-refractivity contribution >= 4 is 46.3 Å². The molecule has 1 aliphatic heterocycles. The van der Waals surface area contributed by atoms with Crippen LogP contribution in [-0.2, 0) is 4.79 Å². The van der Waals surface area contributed by atoms with Gasteiger partial charge in [0.1, 0.15) is 4.92 Å². The van der Waals surface area contributed by atoms with Gasteiger partial charge in [-0.15, -0.1) is 0 Å². The van der Waals surface area contributed by atoms with Crippen LogP contribution in [0.25, 0.3) is 0 Å². The number of hydrazone groups is 1. The second-order valence-electron chi connectivity index (χ2n) is 2.94. The van der Waals surface area contributed by atoms with E-state index < -0.39 is 4.92 Å². The number of thiocarbonyl (C=S) groups is 1. The quantitative estimate of drug-likeness (QED) is 0.357. The molecule has 0 saturated carbocycles. The van der Waals surface area contributed by atoms with E-state index in [1.807, 2.05) is 0 Å². The van der Waals surface area contributed by atoms with Crippen LogP contribution in [0.4, 0.5) is 5.88 Å². The average molecular weight is 271 g/mol. The fraction of sp³-hybridized carbons (Fsp3) is 0.125. The van der Waals surface area contributed by atoms with E-state index in [4.69, 9.17) is 16.6 Å². The van der Waals surface area contributed by atoms with Gasteiger partial charge in [0.05, 0.1) is 18.0 Å². The zero-order chi connectivity index (χ0) is 12.4. The van der Waals surface area contributed by atoms with Crippen molar-refractivity contribution in [3.63, 3.8) is 0 Å². The zero-order valence-electron chi connectivity index (χ0n) is 8.23.